The lowest BCUT2D eigenvalue weighted by Gasteiger charge is -2.10. The lowest BCUT2D eigenvalue weighted by atomic mass is 10.1. The second-order valence-corrected chi connectivity index (χ2v) is 8.70. The van der Waals surface area contributed by atoms with E-state index in [-0.39, 0.29) is 5.91 Å². The molecular formula is C26H22N6OS. The van der Waals surface area contributed by atoms with Crippen molar-refractivity contribution in [2.24, 2.45) is 0 Å². The Labute approximate surface area is 200 Å². The Balaban J connectivity index is 1.25. The van der Waals surface area contributed by atoms with Crippen molar-refractivity contribution in [2.45, 2.75) is 13.0 Å². The number of aromatic nitrogens is 4. The summed E-state index contributed by atoms with van der Waals surface area (Å²) in [6.07, 6.45) is 4.46. The van der Waals surface area contributed by atoms with Crippen molar-refractivity contribution in [3.63, 3.8) is 0 Å². The second-order valence-electron chi connectivity index (χ2n) is 7.75. The standard InChI is InChI=1S/C26H22N6OS/c27-22-11-10-20(25-5-3-15-34-25)16-23(22)29-26(33)19-8-6-18(7-9-19)24-17-32(31-30-24)14-12-21-4-1-2-13-28-21/h1-11,13,15-17H,12,14,27H2,(H,29,33). The molecule has 0 saturated heterocycles. The molecule has 0 fully saturated rings. The van der Waals surface area contributed by atoms with Gasteiger partial charge in [-0.2, -0.15) is 0 Å². The molecule has 1 amide bonds. The molecule has 0 bridgehead atoms. The molecule has 5 aromatic rings. The summed E-state index contributed by atoms with van der Waals surface area (Å²) in [6, 6.07) is 22.9. The van der Waals surface area contributed by atoms with Crippen LogP contribution < -0.4 is 11.1 Å². The average Bonchev–Trinajstić information content (AvgIpc) is 3.58. The van der Waals surface area contributed by atoms with Gasteiger partial charge in [0.25, 0.3) is 5.91 Å². The molecule has 0 radical (unpaired) electrons. The van der Waals surface area contributed by atoms with Gasteiger partial charge in [-0.15, -0.1) is 16.4 Å². The fourth-order valence-electron chi connectivity index (χ4n) is 3.56. The molecule has 0 aliphatic carbocycles. The van der Waals surface area contributed by atoms with Crippen molar-refractivity contribution < 1.29 is 4.79 Å². The van der Waals surface area contributed by atoms with Crippen LogP contribution in [0.5, 0.6) is 0 Å². The van der Waals surface area contributed by atoms with Crippen LogP contribution in [0.25, 0.3) is 21.7 Å². The molecule has 0 aliphatic heterocycles. The third-order valence-corrected chi connectivity index (χ3v) is 6.33. The summed E-state index contributed by atoms with van der Waals surface area (Å²) in [5, 5.41) is 13.4. The monoisotopic (exact) mass is 466 g/mol. The Morgan fingerprint density at radius 3 is 2.62 bits per heavy atom. The summed E-state index contributed by atoms with van der Waals surface area (Å²) in [7, 11) is 0. The van der Waals surface area contributed by atoms with Crippen LogP contribution in [0.3, 0.4) is 0 Å². The Morgan fingerprint density at radius 1 is 1.00 bits per heavy atom. The minimum Gasteiger partial charge on any atom is -0.397 e. The number of nitrogen functional groups attached to an aromatic ring is 1. The lowest BCUT2D eigenvalue weighted by molar-refractivity contribution is 0.102. The summed E-state index contributed by atoms with van der Waals surface area (Å²) < 4.78 is 1.80. The third-order valence-electron chi connectivity index (χ3n) is 5.41. The van der Waals surface area contributed by atoms with E-state index >= 15 is 0 Å². The number of nitrogens with two attached hydrogens (primary N) is 1. The largest absolute Gasteiger partial charge is 0.397 e. The van der Waals surface area contributed by atoms with E-state index in [0.717, 1.165) is 33.8 Å². The zero-order chi connectivity index (χ0) is 23.3. The van der Waals surface area contributed by atoms with Crippen LogP contribution in [-0.4, -0.2) is 25.9 Å². The van der Waals surface area contributed by atoms with E-state index < -0.39 is 0 Å². The van der Waals surface area contributed by atoms with Crippen molar-refractivity contribution in [1.29, 1.82) is 0 Å². The highest BCUT2D eigenvalue weighted by molar-refractivity contribution is 7.13. The van der Waals surface area contributed by atoms with Gasteiger partial charge in [0.2, 0.25) is 0 Å². The third kappa shape index (κ3) is 4.87. The number of hydrogen-bond donors (Lipinski definition) is 2. The maximum Gasteiger partial charge on any atom is 0.255 e. The summed E-state index contributed by atoms with van der Waals surface area (Å²) >= 11 is 1.64. The number of thiophene rings is 1. The van der Waals surface area contributed by atoms with E-state index in [1.54, 1.807) is 34.3 Å². The molecule has 2 aromatic carbocycles. The van der Waals surface area contributed by atoms with Crippen LogP contribution in [-0.2, 0) is 13.0 Å². The number of anilines is 2. The number of pyridine rings is 1. The smallest absolute Gasteiger partial charge is 0.255 e. The molecule has 8 heteroatoms. The van der Waals surface area contributed by atoms with Crippen LogP contribution >= 0.6 is 11.3 Å². The molecule has 0 atom stereocenters. The van der Waals surface area contributed by atoms with E-state index in [1.807, 2.05) is 72.2 Å². The van der Waals surface area contributed by atoms with Crippen molar-refractivity contribution in [2.75, 3.05) is 11.1 Å². The normalized spacial score (nSPS) is 10.8. The molecule has 168 valence electrons. The molecule has 0 unspecified atom stereocenters. The molecule has 3 aromatic heterocycles. The number of aryl methyl sites for hydroxylation is 2. The number of rotatable bonds is 7. The molecule has 0 saturated carbocycles. The molecule has 3 heterocycles. The highest BCUT2D eigenvalue weighted by Crippen LogP contribution is 2.30. The fraction of sp³-hybridized carbons (Fsp3) is 0.0769. The Kier molecular flexibility index (Phi) is 6.13. The average molecular weight is 467 g/mol. The van der Waals surface area contributed by atoms with Gasteiger partial charge < -0.3 is 11.1 Å². The zero-order valence-electron chi connectivity index (χ0n) is 18.3. The number of nitrogens with one attached hydrogen (secondary N) is 1. The summed E-state index contributed by atoms with van der Waals surface area (Å²) in [5.41, 5.74) is 11.4. The van der Waals surface area contributed by atoms with Gasteiger partial charge in [0, 0.05) is 40.9 Å². The van der Waals surface area contributed by atoms with E-state index in [4.69, 9.17) is 5.73 Å². The van der Waals surface area contributed by atoms with Gasteiger partial charge in [-0.05, 0) is 53.4 Å². The van der Waals surface area contributed by atoms with Crippen molar-refractivity contribution in [3.05, 3.63) is 102 Å². The van der Waals surface area contributed by atoms with Gasteiger partial charge in [-0.25, -0.2) is 0 Å². The maximum absolute atomic E-state index is 12.8. The SMILES string of the molecule is Nc1ccc(-c2cccs2)cc1NC(=O)c1ccc(-c2cn(CCc3ccccn3)nn2)cc1. The Morgan fingerprint density at radius 2 is 1.85 bits per heavy atom. The van der Waals surface area contributed by atoms with Gasteiger partial charge in [0.05, 0.1) is 17.6 Å². The first kappa shape index (κ1) is 21.5. The highest BCUT2D eigenvalue weighted by atomic mass is 32.1. The summed E-state index contributed by atoms with van der Waals surface area (Å²) in [4.78, 5) is 18.3. The number of hydrogen-bond acceptors (Lipinski definition) is 6. The van der Waals surface area contributed by atoms with Gasteiger partial charge in [0.1, 0.15) is 5.69 Å². The molecule has 3 N–H and O–H groups in total. The molecule has 5 rings (SSSR count). The van der Waals surface area contributed by atoms with Crippen LogP contribution in [0, 0.1) is 0 Å². The topological polar surface area (TPSA) is 98.7 Å². The molecule has 0 aliphatic rings. The highest BCUT2D eigenvalue weighted by Gasteiger charge is 2.11. The predicted octanol–water partition coefficient (Wildman–Crippen LogP) is 5.15. The summed E-state index contributed by atoms with van der Waals surface area (Å²) in [6.45, 7) is 0.691. The number of benzene rings is 2. The molecule has 34 heavy (non-hydrogen) atoms. The zero-order valence-corrected chi connectivity index (χ0v) is 19.1. The lowest BCUT2D eigenvalue weighted by Crippen LogP contribution is -2.13. The summed E-state index contributed by atoms with van der Waals surface area (Å²) in [5.74, 6) is -0.222. The van der Waals surface area contributed by atoms with Gasteiger partial charge in [-0.1, -0.05) is 35.5 Å². The Hall–Kier alpha value is -4.30. The number of carbonyl (C=O) groups excluding carboxylic acids is 1. The second kappa shape index (κ2) is 9.68. The van der Waals surface area contributed by atoms with Crippen LogP contribution in [0.2, 0.25) is 0 Å². The minimum absolute atomic E-state index is 0.222. The first-order valence-corrected chi connectivity index (χ1v) is 11.7. The number of amides is 1. The molecule has 0 spiro atoms. The van der Waals surface area contributed by atoms with E-state index in [9.17, 15) is 4.79 Å². The van der Waals surface area contributed by atoms with Crippen LogP contribution in [0.1, 0.15) is 16.1 Å². The van der Waals surface area contributed by atoms with Crippen molar-refractivity contribution >= 4 is 28.6 Å². The van der Waals surface area contributed by atoms with Gasteiger partial charge in [-0.3, -0.25) is 14.5 Å². The molecule has 7 nitrogen and oxygen atoms in total. The maximum atomic E-state index is 12.8. The van der Waals surface area contributed by atoms with Crippen molar-refractivity contribution in [1.82, 2.24) is 20.0 Å². The first-order chi connectivity index (χ1) is 16.7. The number of carbonyl (C=O) groups is 1. The first-order valence-electron chi connectivity index (χ1n) is 10.8. The van der Waals surface area contributed by atoms with Crippen LogP contribution in [0.4, 0.5) is 11.4 Å². The van der Waals surface area contributed by atoms with E-state index in [1.165, 1.54) is 0 Å². The molecular weight excluding hydrogens is 444 g/mol. The van der Waals surface area contributed by atoms with Gasteiger partial charge in [0.15, 0.2) is 0 Å². The van der Waals surface area contributed by atoms with Crippen LogP contribution in [0.15, 0.2) is 90.6 Å². The number of nitrogens with zero attached hydrogens (tertiary/aromatic N) is 4. The van der Waals surface area contributed by atoms with Crippen molar-refractivity contribution in [3.8, 4) is 21.7 Å². The van der Waals surface area contributed by atoms with Gasteiger partial charge >= 0.3 is 0 Å². The fourth-order valence-corrected chi connectivity index (χ4v) is 4.29. The Bertz CT molecular complexity index is 1400. The minimum atomic E-state index is -0.222. The predicted molar refractivity (Wildman–Crippen MR) is 136 cm³/mol. The quantitative estimate of drug-likeness (QED) is 0.323. The van der Waals surface area contributed by atoms with E-state index in [2.05, 4.69) is 20.6 Å². The van der Waals surface area contributed by atoms with E-state index in [0.29, 0.717) is 23.5 Å².